The molecule has 3 nitrogen and oxygen atoms in total. The number of hydrogen-bond donors (Lipinski definition) is 1. The van der Waals surface area contributed by atoms with Crippen LogP contribution >= 0.6 is 11.6 Å². The summed E-state index contributed by atoms with van der Waals surface area (Å²) in [5.74, 6) is 1.04. The highest BCUT2D eigenvalue weighted by Crippen LogP contribution is 2.37. The van der Waals surface area contributed by atoms with E-state index in [2.05, 4.69) is 29.2 Å². The first-order chi connectivity index (χ1) is 9.74. The zero-order valence-electron chi connectivity index (χ0n) is 10.9. The third kappa shape index (κ3) is 1.63. The smallest absolute Gasteiger partial charge is 0.201 e. The first-order valence-corrected chi connectivity index (χ1v) is 7.10. The van der Waals surface area contributed by atoms with E-state index in [0.717, 1.165) is 24.0 Å². The van der Waals surface area contributed by atoms with Crippen molar-refractivity contribution in [2.24, 2.45) is 0 Å². The van der Waals surface area contributed by atoms with Crippen LogP contribution in [-0.4, -0.2) is 9.55 Å². The van der Waals surface area contributed by atoms with E-state index in [0.29, 0.717) is 16.9 Å². The second kappa shape index (κ2) is 4.25. The molecule has 1 aliphatic rings. The van der Waals surface area contributed by atoms with Crippen LogP contribution in [0, 0.1) is 0 Å². The molecule has 2 N–H and O–H groups in total. The number of anilines is 1. The van der Waals surface area contributed by atoms with Crippen LogP contribution in [0.4, 0.5) is 5.95 Å². The average molecular weight is 284 g/mol. The second-order valence-electron chi connectivity index (χ2n) is 5.29. The Morgan fingerprint density at radius 3 is 2.90 bits per heavy atom. The number of nitrogens with zero attached hydrogens (tertiary/aromatic N) is 2. The fraction of sp³-hybridized carbons (Fsp3) is 0.188. The lowest BCUT2D eigenvalue weighted by Crippen LogP contribution is -2.22. The minimum atomic E-state index is 0.502. The largest absolute Gasteiger partial charge is 0.369 e. The van der Waals surface area contributed by atoms with Crippen molar-refractivity contribution in [1.82, 2.24) is 9.55 Å². The zero-order valence-corrected chi connectivity index (χ0v) is 11.6. The average Bonchev–Trinajstić information content (AvgIpc) is 2.73. The Kier molecular flexibility index (Phi) is 2.51. The maximum absolute atomic E-state index is 6.30. The zero-order chi connectivity index (χ0) is 13.7. The lowest BCUT2D eigenvalue weighted by atomic mass is 9.77. The normalized spacial score (nSPS) is 16.9. The molecule has 0 saturated carbocycles. The monoisotopic (exact) mass is 283 g/mol. The van der Waals surface area contributed by atoms with Crippen molar-refractivity contribution < 1.29 is 0 Å². The Labute approximate surface area is 122 Å². The number of rotatable bonds is 2. The highest BCUT2D eigenvalue weighted by molar-refractivity contribution is 6.35. The molecule has 1 aromatic heterocycles. The third-order valence-corrected chi connectivity index (χ3v) is 4.42. The van der Waals surface area contributed by atoms with Crippen LogP contribution in [0.15, 0.2) is 42.5 Å². The van der Waals surface area contributed by atoms with Crippen LogP contribution in [0.3, 0.4) is 0 Å². The van der Waals surface area contributed by atoms with Gasteiger partial charge in [-0.25, -0.2) is 4.98 Å². The molecule has 1 unspecified atom stereocenters. The molecule has 0 bridgehead atoms. The molecule has 4 heteroatoms. The number of fused-ring (bicyclic) bond motifs is 2. The summed E-state index contributed by atoms with van der Waals surface area (Å²) < 4.78 is 2.04. The molecule has 0 spiro atoms. The summed E-state index contributed by atoms with van der Waals surface area (Å²) >= 11 is 6.30. The first kappa shape index (κ1) is 11.8. The van der Waals surface area contributed by atoms with Gasteiger partial charge in [0.25, 0.3) is 0 Å². The van der Waals surface area contributed by atoms with Crippen molar-refractivity contribution in [2.45, 2.75) is 18.9 Å². The van der Waals surface area contributed by atoms with Gasteiger partial charge in [0.1, 0.15) is 0 Å². The Hall–Kier alpha value is -2.00. The SMILES string of the molecule is Nc1nc2cccc(Cl)c2n1CC1Cc2ccccc21. The molecule has 3 aromatic rings. The molecular formula is C16H14ClN3. The highest BCUT2D eigenvalue weighted by Gasteiger charge is 2.27. The van der Waals surface area contributed by atoms with Crippen molar-refractivity contribution in [1.29, 1.82) is 0 Å². The van der Waals surface area contributed by atoms with Gasteiger partial charge < -0.3 is 10.3 Å². The fourth-order valence-electron chi connectivity index (χ4n) is 3.09. The molecule has 0 fully saturated rings. The first-order valence-electron chi connectivity index (χ1n) is 6.72. The highest BCUT2D eigenvalue weighted by atomic mass is 35.5. The van der Waals surface area contributed by atoms with E-state index < -0.39 is 0 Å². The van der Waals surface area contributed by atoms with Crippen LogP contribution < -0.4 is 5.73 Å². The van der Waals surface area contributed by atoms with Gasteiger partial charge in [0, 0.05) is 12.5 Å². The predicted molar refractivity (Wildman–Crippen MR) is 82.0 cm³/mol. The van der Waals surface area contributed by atoms with E-state index >= 15 is 0 Å². The predicted octanol–water partition coefficient (Wildman–Crippen LogP) is 3.61. The van der Waals surface area contributed by atoms with Crippen LogP contribution in [-0.2, 0) is 13.0 Å². The van der Waals surface area contributed by atoms with Gasteiger partial charge in [-0.05, 0) is 29.7 Å². The summed E-state index contributed by atoms with van der Waals surface area (Å²) in [7, 11) is 0. The molecule has 0 aliphatic heterocycles. The molecule has 100 valence electrons. The number of hydrogen-bond acceptors (Lipinski definition) is 2. The van der Waals surface area contributed by atoms with Crippen LogP contribution in [0.25, 0.3) is 11.0 Å². The standard InChI is InChI=1S/C16H14ClN3/c17-13-6-3-7-14-15(13)20(16(18)19-14)9-11-8-10-4-1-2-5-12(10)11/h1-7,11H,8-9H2,(H2,18,19). The lowest BCUT2D eigenvalue weighted by Gasteiger charge is -2.30. The van der Waals surface area contributed by atoms with Crippen molar-refractivity contribution in [3.8, 4) is 0 Å². The Morgan fingerprint density at radius 2 is 2.05 bits per heavy atom. The molecule has 0 amide bonds. The quantitative estimate of drug-likeness (QED) is 0.781. The van der Waals surface area contributed by atoms with E-state index in [4.69, 9.17) is 17.3 Å². The van der Waals surface area contributed by atoms with Crippen molar-refractivity contribution in [3.05, 3.63) is 58.6 Å². The molecule has 0 saturated heterocycles. The minimum absolute atomic E-state index is 0.502. The molecule has 4 rings (SSSR count). The van der Waals surface area contributed by atoms with E-state index in [1.807, 2.05) is 22.8 Å². The summed E-state index contributed by atoms with van der Waals surface area (Å²) in [5, 5.41) is 0.708. The fourth-order valence-corrected chi connectivity index (χ4v) is 3.36. The molecular weight excluding hydrogens is 270 g/mol. The Balaban J connectivity index is 1.76. The summed E-state index contributed by atoms with van der Waals surface area (Å²) in [4.78, 5) is 4.40. The van der Waals surface area contributed by atoms with E-state index in [-0.39, 0.29) is 0 Å². The third-order valence-electron chi connectivity index (χ3n) is 4.11. The van der Waals surface area contributed by atoms with Gasteiger partial charge in [0.15, 0.2) is 0 Å². The van der Waals surface area contributed by atoms with Gasteiger partial charge in [-0.15, -0.1) is 0 Å². The second-order valence-corrected chi connectivity index (χ2v) is 5.70. The minimum Gasteiger partial charge on any atom is -0.369 e. The van der Waals surface area contributed by atoms with Gasteiger partial charge >= 0.3 is 0 Å². The molecule has 2 aromatic carbocycles. The molecule has 1 aliphatic carbocycles. The van der Waals surface area contributed by atoms with Gasteiger partial charge in [-0.3, -0.25) is 0 Å². The van der Waals surface area contributed by atoms with Gasteiger partial charge in [0.2, 0.25) is 5.95 Å². The van der Waals surface area contributed by atoms with E-state index in [9.17, 15) is 0 Å². The Morgan fingerprint density at radius 1 is 1.20 bits per heavy atom. The maximum Gasteiger partial charge on any atom is 0.201 e. The summed E-state index contributed by atoms with van der Waals surface area (Å²) in [5.41, 5.74) is 10.7. The topological polar surface area (TPSA) is 43.8 Å². The number of aromatic nitrogens is 2. The number of imidazole rings is 1. The summed E-state index contributed by atoms with van der Waals surface area (Å²) in [6, 6.07) is 14.3. The van der Waals surface area contributed by atoms with Crippen molar-refractivity contribution >= 4 is 28.6 Å². The Bertz CT molecular complexity index is 807. The number of halogens is 1. The number of nitrogens with two attached hydrogens (primary N) is 1. The van der Waals surface area contributed by atoms with E-state index in [1.54, 1.807) is 0 Å². The summed E-state index contributed by atoms with van der Waals surface area (Å²) in [6.45, 7) is 0.836. The van der Waals surface area contributed by atoms with Gasteiger partial charge in [-0.2, -0.15) is 0 Å². The van der Waals surface area contributed by atoms with E-state index in [1.165, 1.54) is 11.1 Å². The molecule has 0 radical (unpaired) electrons. The maximum atomic E-state index is 6.30. The van der Waals surface area contributed by atoms with Crippen LogP contribution in [0.5, 0.6) is 0 Å². The van der Waals surface area contributed by atoms with Crippen LogP contribution in [0.2, 0.25) is 5.02 Å². The number of nitrogen functional groups attached to an aromatic ring is 1. The van der Waals surface area contributed by atoms with Gasteiger partial charge in [0.05, 0.1) is 16.1 Å². The van der Waals surface area contributed by atoms with Crippen LogP contribution in [0.1, 0.15) is 17.0 Å². The lowest BCUT2D eigenvalue weighted by molar-refractivity contribution is 0.521. The summed E-state index contributed by atoms with van der Waals surface area (Å²) in [6.07, 6.45) is 1.10. The van der Waals surface area contributed by atoms with Crippen molar-refractivity contribution in [3.63, 3.8) is 0 Å². The number of para-hydroxylation sites is 1. The van der Waals surface area contributed by atoms with Gasteiger partial charge in [-0.1, -0.05) is 41.9 Å². The molecule has 20 heavy (non-hydrogen) atoms. The molecule has 1 heterocycles. The van der Waals surface area contributed by atoms with Crippen molar-refractivity contribution in [2.75, 3.05) is 5.73 Å². The molecule has 1 atom stereocenters. The number of benzene rings is 2.